The zero-order chi connectivity index (χ0) is 15.9. The van der Waals surface area contributed by atoms with Crippen LogP contribution < -0.4 is 0 Å². The van der Waals surface area contributed by atoms with Crippen LogP contribution in [0, 0.1) is 28.6 Å². The highest BCUT2D eigenvalue weighted by Gasteiger charge is 2.25. The number of fused-ring (bicyclic) bond motifs is 1. The Kier molecular flexibility index (Phi) is 5.84. The highest BCUT2D eigenvalue weighted by Crippen LogP contribution is 2.38. The Hall–Kier alpha value is -2.00. The third-order valence-electron chi connectivity index (χ3n) is 4.59. The van der Waals surface area contributed by atoms with Crippen LogP contribution in [0.4, 0.5) is 0 Å². The number of nitrogens with zero attached hydrogens (tertiary/aromatic N) is 3. The Morgan fingerprint density at radius 3 is 2.32 bits per heavy atom. The predicted octanol–water partition coefficient (Wildman–Crippen LogP) is 4.47. The van der Waals surface area contributed by atoms with E-state index in [0.717, 1.165) is 50.8 Å². The number of hydrogen-bond acceptors (Lipinski definition) is 3. The highest BCUT2D eigenvalue weighted by atomic mass is 15.1. The van der Waals surface area contributed by atoms with E-state index in [0.29, 0.717) is 5.92 Å². The molecule has 3 heteroatoms. The van der Waals surface area contributed by atoms with E-state index in [-0.39, 0.29) is 5.57 Å². The lowest BCUT2D eigenvalue weighted by Crippen LogP contribution is -2.28. The van der Waals surface area contributed by atoms with Crippen LogP contribution >= 0.6 is 0 Å². The molecule has 2 aliphatic rings. The first kappa shape index (κ1) is 16.4. The predicted molar refractivity (Wildman–Crippen MR) is 88.5 cm³/mol. The van der Waals surface area contributed by atoms with Gasteiger partial charge in [-0.1, -0.05) is 19.9 Å². The molecule has 0 aromatic heterocycles. The minimum absolute atomic E-state index is 0.283. The molecule has 0 fully saturated rings. The second-order valence-electron chi connectivity index (χ2n) is 6.17. The molecule has 0 saturated heterocycles. The molecule has 3 nitrogen and oxygen atoms in total. The van der Waals surface area contributed by atoms with Crippen molar-refractivity contribution in [2.45, 2.75) is 52.4 Å². The van der Waals surface area contributed by atoms with Gasteiger partial charge < -0.3 is 4.90 Å². The Morgan fingerprint density at radius 2 is 1.73 bits per heavy atom. The molecule has 0 aromatic rings. The maximum absolute atomic E-state index is 9.07. The Labute approximate surface area is 134 Å². The van der Waals surface area contributed by atoms with E-state index in [1.165, 1.54) is 17.7 Å². The van der Waals surface area contributed by atoms with Crippen molar-refractivity contribution in [1.29, 1.82) is 10.5 Å². The van der Waals surface area contributed by atoms with Gasteiger partial charge in [0.2, 0.25) is 0 Å². The molecule has 1 atom stereocenters. The molecule has 0 aromatic carbocycles. The van der Waals surface area contributed by atoms with Gasteiger partial charge in [-0.3, -0.25) is 0 Å². The monoisotopic (exact) mass is 295 g/mol. The van der Waals surface area contributed by atoms with Crippen molar-refractivity contribution in [2.24, 2.45) is 5.92 Å². The SMILES string of the molecule is CCCN(CCC)C1=CC2=CC(=C(C#N)C#N)CCC2CC1. The van der Waals surface area contributed by atoms with Gasteiger partial charge in [0.15, 0.2) is 0 Å². The van der Waals surface area contributed by atoms with Gasteiger partial charge in [-0.2, -0.15) is 10.5 Å². The van der Waals surface area contributed by atoms with Crippen molar-refractivity contribution in [2.75, 3.05) is 13.1 Å². The van der Waals surface area contributed by atoms with Gasteiger partial charge in [0.05, 0.1) is 0 Å². The third kappa shape index (κ3) is 3.60. The number of nitriles is 2. The molecule has 22 heavy (non-hydrogen) atoms. The smallest absolute Gasteiger partial charge is 0.132 e. The summed E-state index contributed by atoms with van der Waals surface area (Å²) in [7, 11) is 0. The maximum Gasteiger partial charge on any atom is 0.132 e. The number of allylic oxidation sites excluding steroid dienone is 6. The van der Waals surface area contributed by atoms with E-state index in [1.54, 1.807) is 0 Å². The van der Waals surface area contributed by atoms with Crippen molar-refractivity contribution in [3.63, 3.8) is 0 Å². The molecule has 116 valence electrons. The fourth-order valence-electron chi connectivity index (χ4n) is 3.50. The van der Waals surface area contributed by atoms with E-state index in [4.69, 9.17) is 10.5 Å². The lowest BCUT2D eigenvalue weighted by atomic mass is 9.77. The van der Waals surface area contributed by atoms with Gasteiger partial charge in [0.25, 0.3) is 0 Å². The van der Waals surface area contributed by atoms with Crippen molar-refractivity contribution in [3.05, 3.63) is 34.6 Å². The van der Waals surface area contributed by atoms with E-state index < -0.39 is 0 Å². The second-order valence-corrected chi connectivity index (χ2v) is 6.17. The average Bonchev–Trinajstić information content (AvgIpc) is 2.55. The van der Waals surface area contributed by atoms with Crippen molar-refractivity contribution >= 4 is 0 Å². The van der Waals surface area contributed by atoms with Crippen molar-refractivity contribution in [1.82, 2.24) is 4.90 Å². The number of rotatable bonds is 5. The summed E-state index contributed by atoms with van der Waals surface area (Å²) in [6, 6.07) is 4.07. The van der Waals surface area contributed by atoms with Crippen LogP contribution in [0.1, 0.15) is 52.4 Å². The molecular formula is C19H25N3. The topological polar surface area (TPSA) is 50.8 Å². The molecule has 0 N–H and O–H groups in total. The van der Waals surface area contributed by atoms with Crippen LogP contribution in [-0.2, 0) is 0 Å². The summed E-state index contributed by atoms with van der Waals surface area (Å²) in [6.45, 7) is 6.67. The first-order valence-corrected chi connectivity index (χ1v) is 8.43. The summed E-state index contributed by atoms with van der Waals surface area (Å²) in [5, 5.41) is 18.1. The number of hydrogen-bond donors (Lipinski definition) is 0. The Bertz CT molecular complexity index is 559. The first-order valence-electron chi connectivity index (χ1n) is 8.43. The van der Waals surface area contributed by atoms with Gasteiger partial charge in [-0.25, -0.2) is 0 Å². The Morgan fingerprint density at radius 1 is 1.09 bits per heavy atom. The summed E-state index contributed by atoms with van der Waals surface area (Å²) < 4.78 is 0. The normalized spacial score (nSPS) is 20.2. The maximum atomic E-state index is 9.07. The van der Waals surface area contributed by atoms with Gasteiger partial charge in [-0.05, 0) is 61.7 Å². The largest absolute Gasteiger partial charge is 0.375 e. The molecule has 0 spiro atoms. The summed E-state index contributed by atoms with van der Waals surface area (Å²) in [5.74, 6) is 0.608. The first-order chi connectivity index (χ1) is 10.7. The van der Waals surface area contributed by atoms with E-state index in [1.807, 2.05) is 12.1 Å². The van der Waals surface area contributed by atoms with E-state index in [9.17, 15) is 0 Å². The molecule has 2 rings (SSSR count). The molecule has 2 aliphatic carbocycles. The van der Waals surface area contributed by atoms with Gasteiger partial charge in [0, 0.05) is 18.8 Å². The third-order valence-corrected chi connectivity index (χ3v) is 4.59. The van der Waals surface area contributed by atoms with Gasteiger partial charge in [0.1, 0.15) is 17.7 Å². The lowest BCUT2D eigenvalue weighted by molar-refractivity contribution is 0.316. The zero-order valence-corrected chi connectivity index (χ0v) is 13.7. The van der Waals surface area contributed by atoms with Gasteiger partial charge >= 0.3 is 0 Å². The fraction of sp³-hybridized carbons (Fsp3) is 0.579. The quantitative estimate of drug-likeness (QED) is 0.703. The summed E-state index contributed by atoms with van der Waals surface area (Å²) in [4.78, 5) is 2.50. The van der Waals surface area contributed by atoms with E-state index >= 15 is 0 Å². The molecular weight excluding hydrogens is 270 g/mol. The van der Waals surface area contributed by atoms with Gasteiger partial charge in [-0.15, -0.1) is 0 Å². The molecule has 0 heterocycles. The van der Waals surface area contributed by atoms with Crippen LogP contribution in [0.25, 0.3) is 0 Å². The minimum atomic E-state index is 0.283. The molecule has 0 amide bonds. The summed E-state index contributed by atoms with van der Waals surface area (Å²) in [5.41, 5.74) is 3.96. The molecule has 0 bridgehead atoms. The Balaban J connectivity index is 2.30. The molecule has 0 radical (unpaired) electrons. The van der Waals surface area contributed by atoms with Crippen LogP contribution in [0.2, 0.25) is 0 Å². The van der Waals surface area contributed by atoms with Crippen molar-refractivity contribution < 1.29 is 0 Å². The zero-order valence-electron chi connectivity index (χ0n) is 13.7. The minimum Gasteiger partial charge on any atom is -0.375 e. The fourth-order valence-corrected chi connectivity index (χ4v) is 3.50. The standard InChI is InChI=1S/C19H25N3/c1-3-9-22(10-4-2)19-8-7-15-5-6-16(11-17(15)12-19)18(13-20)14-21/h11-12,15H,3-10H2,1-2H3. The van der Waals surface area contributed by atoms with Crippen LogP contribution in [0.15, 0.2) is 34.6 Å². The van der Waals surface area contributed by atoms with Crippen LogP contribution in [-0.4, -0.2) is 18.0 Å². The average molecular weight is 295 g/mol. The van der Waals surface area contributed by atoms with E-state index in [2.05, 4.69) is 30.9 Å². The molecule has 0 aliphatic heterocycles. The highest BCUT2D eigenvalue weighted by molar-refractivity contribution is 5.49. The summed E-state index contributed by atoms with van der Waals surface area (Å²) in [6.07, 6.45) is 11.0. The van der Waals surface area contributed by atoms with Crippen LogP contribution in [0.3, 0.4) is 0 Å². The lowest BCUT2D eigenvalue weighted by Gasteiger charge is -2.34. The molecule has 0 saturated carbocycles. The van der Waals surface area contributed by atoms with Crippen LogP contribution in [0.5, 0.6) is 0 Å². The summed E-state index contributed by atoms with van der Waals surface area (Å²) >= 11 is 0. The molecule has 1 unspecified atom stereocenters. The second kappa shape index (κ2) is 7.85. The van der Waals surface area contributed by atoms with Crippen molar-refractivity contribution in [3.8, 4) is 12.1 Å².